The average Bonchev–Trinajstić information content (AvgIpc) is 3.00. The van der Waals surface area contributed by atoms with E-state index < -0.39 is 5.60 Å². The lowest BCUT2D eigenvalue weighted by Gasteiger charge is -2.23. The fourth-order valence-electron chi connectivity index (χ4n) is 2.23. The van der Waals surface area contributed by atoms with Crippen molar-refractivity contribution in [3.05, 3.63) is 39.2 Å². The molecule has 6 nitrogen and oxygen atoms in total. The molecule has 0 aliphatic heterocycles. The molecule has 0 fully saturated rings. The fourth-order valence-corrected chi connectivity index (χ4v) is 2.96. The number of aliphatic hydroxyl groups is 1. The van der Waals surface area contributed by atoms with Crippen molar-refractivity contribution in [2.75, 3.05) is 6.54 Å². The second-order valence-electron chi connectivity index (χ2n) is 5.48. The van der Waals surface area contributed by atoms with Gasteiger partial charge in [0.1, 0.15) is 17.1 Å². The maximum atomic E-state index is 11.8. The number of carbonyl (C=O) groups is 1. The van der Waals surface area contributed by atoms with Gasteiger partial charge in [0.2, 0.25) is 0 Å². The van der Waals surface area contributed by atoms with E-state index in [-0.39, 0.29) is 12.6 Å². The third kappa shape index (κ3) is 4.08. The molecular weight excluding hydrogens is 302 g/mol. The van der Waals surface area contributed by atoms with Crippen LogP contribution in [0.4, 0.5) is 4.79 Å². The molecule has 120 valence electrons. The lowest BCUT2D eigenvalue weighted by atomic mass is 9.96. The van der Waals surface area contributed by atoms with Gasteiger partial charge >= 0.3 is 6.03 Å². The molecule has 0 spiro atoms. The molecule has 0 aliphatic rings. The van der Waals surface area contributed by atoms with Crippen molar-refractivity contribution in [1.29, 1.82) is 0 Å². The van der Waals surface area contributed by atoms with Gasteiger partial charge in [-0.1, -0.05) is 0 Å². The summed E-state index contributed by atoms with van der Waals surface area (Å²) < 4.78 is 5.42. The Hall–Kier alpha value is -1.86. The van der Waals surface area contributed by atoms with Crippen LogP contribution in [0, 0.1) is 20.8 Å². The van der Waals surface area contributed by atoms with Crippen LogP contribution in [-0.4, -0.2) is 22.7 Å². The molecule has 0 radical (unpaired) electrons. The number of aryl methyl sites for hydroxylation is 3. The van der Waals surface area contributed by atoms with Crippen LogP contribution in [0.15, 0.2) is 16.7 Å². The van der Waals surface area contributed by atoms with Gasteiger partial charge in [-0.15, -0.1) is 11.3 Å². The zero-order valence-corrected chi connectivity index (χ0v) is 14.0. The summed E-state index contributed by atoms with van der Waals surface area (Å²) in [4.78, 5) is 16.9. The molecule has 1 atom stereocenters. The molecule has 2 amide bonds. The molecule has 0 aliphatic carbocycles. The first-order valence-electron chi connectivity index (χ1n) is 7.01. The highest BCUT2D eigenvalue weighted by Gasteiger charge is 2.28. The van der Waals surface area contributed by atoms with Gasteiger partial charge in [-0.3, -0.25) is 0 Å². The van der Waals surface area contributed by atoms with E-state index in [0.717, 1.165) is 15.6 Å². The molecule has 0 saturated heterocycles. The Labute approximate surface area is 133 Å². The number of hydrogen-bond acceptors (Lipinski definition) is 5. The number of carbonyl (C=O) groups excluding carboxylic acids is 1. The zero-order chi connectivity index (χ0) is 16.3. The molecule has 22 heavy (non-hydrogen) atoms. The Balaban J connectivity index is 1.86. The molecule has 1 unspecified atom stereocenters. The van der Waals surface area contributed by atoms with Crippen LogP contribution in [0.2, 0.25) is 0 Å². The summed E-state index contributed by atoms with van der Waals surface area (Å²) in [6.45, 7) is 7.70. The largest absolute Gasteiger partial charge is 0.466 e. The Bertz CT molecular complexity index is 661. The maximum absolute atomic E-state index is 11.8. The molecular formula is C15H21N3O3S. The van der Waals surface area contributed by atoms with Crippen LogP contribution in [-0.2, 0) is 12.1 Å². The number of hydrogen-bond donors (Lipinski definition) is 3. The van der Waals surface area contributed by atoms with Gasteiger partial charge in [-0.05, 0) is 33.8 Å². The Morgan fingerprint density at radius 2 is 2.14 bits per heavy atom. The van der Waals surface area contributed by atoms with Gasteiger partial charge < -0.3 is 20.2 Å². The van der Waals surface area contributed by atoms with Gasteiger partial charge in [0, 0.05) is 16.6 Å². The minimum absolute atomic E-state index is 0.0976. The zero-order valence-electron chi connectivity index (χ0n) is 13.2. The second kappa shape index (κ2) is 6.50. The van der Waals surface area contributed by atoms with Crippen LogP contribution in [0.3, 0.4) is 0 Å². The van der Waals surface area contributed by atoms with Crippen LogP contribution >= 0.6 is 11.3 Å². The predicted molar refractivity (Wildman–Crippen MR) is 84.8 cm³/mol. The van der Waals surface area contributed by atoms with Crippen molar-refractivity contribution in [1.82, 2.24) is 15.6 Å². The molecule has 2 aromatic heterocycles. The number of nitrogens with zero attached hydrogens (tertiary/aromatic N) is 1. The summed E-state index contributed by atoms with van der Waals surface area (Å²) in [6.07, 6.45) is 1.74. The van der Waals surface area contributed by atoms with Gasteiger partial charge in [0.25, 0.3) is 0 Å². The molecule has 0 bridgehead atoms. The molecule has 7 heteroatoms. The Morgan fingerprint density at radius 1 is 1.41 bits per heavy atom. The SMILES string of the molecule is Cc1cc(C(C)(O)CNC(=O)NCc2cnc(C)s2)c(C)o1. The summed E-state index contributed by atoms with van der Waals surface area (Å²) in [5.74, 6) is 1.39. The third-order valence-electron chi connectivity index (χ3n) is 3.31. The fraction of sp³-hybridized carbons (Fsp3) is 0.467. The van der Waals surface area contributed by atoms with Crippen molar-refractivity contribution in [3.8, 4) is 0 Å². The monoisotopic (exact) mass is 323 g/mol. The average molecular weight is 323 g/mol. The molecule has 2 heterocycles. The number of rotatable bonds is 5. The minimum Gasteiger partial charge on any atom is -0.466 e. The van der Waals surface area contributed by atoms with E-state index in [2.05, 4.69) is 15.6 Å². The topological polar surface area (TPSA) is 87.4 Å². The number of amides is 2. The van der Waals surface area contributed by atoms with E-state index in [4.69, 9.17) is 4.42 Å². The molecule has 2 aromatic rings. The minimum atomic E-state index is -1.18. The van der Waals surface area contributed by atoms with Crippen LogP contribution in [0.1, 0.15) is 33.9 Å². The predicted octanol–water partition coefficient (Wildman–Crippen LogP) is 2.37. The summed E-state index contributed by atoms with van der Waals surface area (Å²) in [5, 5.41) is 16.9. The lowest BCUT2D eigenvalue weighted by molar-refractivity contribution is 0.0579. The Morgan fingerprint density at radius 3 is 2.68 bits per heavy atom. The van der Waals surface area contributed by atoms with Gasteiger partial charge in [-0.25, -0.2) is 9.78 Å². The second-order valence-corrected chi connectivity index (χ2v) is 6.80. The van der Waals surface area contributed by atoms with Crippen molar-refractivity contribution in [2.45, 2.75) is 39.8 Å². The first-order chi connectivity index (χ1) is 10.3. The van der Waals surface area contributed by atoms with Crippen molar-refractivity contribution in [2.24, 2.45) is 0 Å². The van der Waals surface area contributed by atoms with E-state index in [1.807, 2.05) is 13.8 Å². The van der Waals surface area contributed by atoms with E-state index in [1.54, 1.807) is 26.1 Å². The van der Waals surface area contributed by atoms with E-state index >= 15 is 0 Å². The van der Waals surface area contributed by atoms with Crippen LogP contribution < -0.4 is 10.6 Å². The number of thiazole rings is 1. The number of nitrogens with one attached hydrogen (secondary N) is 2. The standard InChI is InChI=1S/C15H21N3O3S/c1-9-5-13(10(2)21-9)15(4,20)8-18-14(19)17-7-12-6-16-11(3)22-12/h5-6,20H,7-8H2,1-4H3,(H2,17,18,19). The summed E-state index contributed by atoms with van der Waals surface area (Å²) in [5.41, 5.74) is -0.497. The molecule has 0 saturated carbocycles. The maximum Gasteiger partial charge on any atom is 0.315 e. The van der Waals surface area contributed by atoms with Crippen molar-refractivity contribution >= 4 is 17.4 Å². The summed E-state index contributed by atoms with van der Waals surface area (Å²) in [6, 6.07) is 1.46. The third-order valence-corrected chi connectivity index (χ3v) is 4.22. The van der Waals surface area contributed by atoms with Crippen LogP contribution in [0.5, 0.6) is 0 Å². The Kier molecular flexibility index (Phi) is 4.87. The quantitative estimate of drug-likeness (QED) is 0.788. The van der Waals surface area contributed by atoms with Crippen LogP contribution in [0.25, 0.3) is 0 Å². The normalized spacial score (nSPS) is 13.7. The smallest absolute Gasteiger partial charge is 0.315 e. The van der Waals surface area contributed by atoms with Gasteiger partial charge in [0.15, 0.2) is 0 Å². The van der Waals surface area contributed by atoms with Crippen molar-refractivity contribution < 1.29 is 14.3 Å². The van der Waals surface area contributed by atoms with E-state index in [9.17, 15) is 9.90 Å². The molecule has 3 N–H and O–H groups in total. The van der Waals surface area contributed by atoms with Gasteiger partial charge in [0.05, 0.1) is 18.1 Å². The number of urea groups is 1. The highest BCUT2D eigenvalue weighted by molar-refractivity contribution is 7.11. The van der Waals surface area contributed by atoms with E-state index in [0.29, 0.717) is 17.9 Å². The number of aromatic nitrogens is 1. The molecule has 0 aromatic carbocycles. The number of furan rings is 1. The van der Waals surface area contributed by atoms with E-state index in [1.165, 1.54) is 11.3 Å². The van der Waals surface area contributed by atoms with Gasteiger partial charge in [-0.2, -0.15) is 0 Å². The summed E-state index contributed by atoms with van der Waals surface area (Å²) >= 11 is 1.54. The van der Waals surface area contributed by atoms with Crippen molar-refractivity contribution in [3.63, 3.8) is 0 Å². The molecule has 2 rings (SSSR count). The first kappa shape index (κ1) is 16.5. The summed E-state index contributed by atoms with van der Waals surface area (Å²) in [7, 11) is 0. The highest BCUT2D eigenvalue weighted by Crippen LogP contribution is 2.26. The highest BCUT2D eigenvalue weighted by atomic mass is 32.1. The first-order valence-corrected chi connectivity index (χ1v) is 7.82. The lowest BCUT2D eigenvalue weighted by Crippen LogP contribution is -2.43.